The van der Waals surface area contributed by atoms with Crippen molar-refractivity contribution in [3.8, 4) is 0 Å². The largest absolute Gasteiger partial charge is 0.330 e. The van der Waals surface area contributed by atoms with E-state index < -0.39 is 0 Å². The predicted molar refractivity (Wildman–Crippen MR) is 60.8 cm³/mol. The Morgan fingerprint density at radius 1 is 0.846 bits per heavy atom. The van der Waals surface area contributed by atoms with Crippen LogP contribution in [0.25, 0.3) is 0 Å². The molecule has 0 rings (SSSR count). The van der Waals surface area contributed by atoms with E-state index in [0.717, 1.165) is 6.54 Å². The zero-order valence-electron chi connectivity index (χ0n) is 9.10. The molecule has 0 aromatic carbocycles. The van der Waals surface area contributed by atoms with E-state index in [1.165, 1.54) is 51.4 Å². The van der Waals surface area contributed by atoms with Gasteiger partial charge in [0, 0.05) is 0 Å². The highest BCUT2D eigenvalue weighted by atomic mass is 14.5. The van der Waals surface area contributed by atoms with Crippen LogP contribution in [0.4, 0.5) is 0 Å². The van der Waals surface area contributed by atoms with E-state index in [-0.39, 0.29) is 0 Å². The van der Waals surface area contributed by atoms with Crippen molar-refractivity contribution in [2.75, 3.05) is 6.54 Å². The molecule has 0 spiro atoms. The van der Waals surface area contributed by atoms with E-state index in [2.05, 4.69) is 19.1 Å². The molecule has 0 aliphatic carbocycles. The lowest BCUT2D eigenvalue weighted by atomic mass is 10.1. The van der Waals surface area contributed by atoms with E-state index in [1.54, 1.807) is 0 Å². The average Bonchev–Trinajstić information content (AvgIpc) is 2.16. The van der Waals surface area contributed by atoms with Gasteiger partial charge >= 0.3 is 0 Å². The topological polar surface area (TPSA) is 26.0 Å². The fourth-order valence-corrected chi connectivity index (χ4v) is 1.34. The first-order valence-electron chi connectivity index (χ1n) is 5.77. The van der Waals surface area contributed by atoms with Crippen LogP contribution in [-0.4, -0.2) is 6.54 Å². The van der Waals surface area contributed by atoms with Crippen molar-refractivity contribution in [1.82, 2.24) is 0 Å². The molecule has 0 aliphatic rings. The quantitative estimate of drug-likeness (QED) is 0.428. The second-order valence-electron chi connectivity index (χ2n) is 3.61. The molecule has 1 nitrogen and oxygen atoms in total. The number of rotatable bonds is 9. The third-order valence-corrected chi connectivity index (χ3v) is 2.20. The molecule has 2 N–H and O–H groups in total. The van der Waals surface area contributed by atoms with Crippen LogP contribution in [0.5, 0.6) is 0 Å². The van der Waals surface area contributed by atoms with Crippen LogP contribution < -0.4 is 5.73 Å². The molecular formula is C12H25N. The van der Waals surface area contributed by atoms with Gasteiger partial charge in [0.25, 0.3) is 0 Å². The molecule has 0 aliphatic heterocycles. The van der Waals surface area contributed by atoms with Gasteiger partial charge in [-0.3, -0.25) is 0 Å². The van der Waals surface area contributed by atoms with Crippen LogP contribution in [0.2, 0.25) is 0 Å². The Balaban J connectivity index is 2.91. The molecular weight excluding hydrogens is 158 g/mol. The molecule has 0 saturated carbocycles. The van der Waals surface area contributed by atoms with Crippen LogP contribution in [-0.2, 0) is 0 Å². The summed E-state index contributed by atoms with van der Waals surface area (Å²) in [4.78, 5) is 0. The predicted octanol–water partition coefficient (Wildman–Crippen LogP) is 3.64. The summed E-state index contributed by atoms with van der Waals surface area (Å²) in [5.41, 5.74) is 5.41. The minimum Gasteiger partial charge on any atom is -0.330 e. The standard InChI is InChI=1S/C12H25N/c1-2-3-4-5-6-7-8-9-10-11-12-13/h4-5H,2-3,6-13H2,1H3/b5-4+. The monoisotopic (exact) mass is 183 g/mol. The van der Waals surface area contributed by atoms with Crippen LogP contribution >= 0.6 is 0 Å². The maximum Gasteiger partial charge on any atom is -0.00773 e. The first kappa shape index (κ1) is 12.7. The van der Waals surface area contributed by atoms with Gasteiger partial charge in [-0.1, -0.05) is 44.8 Å². The third kappa shape index (κ3) is 11.7. The van der Waals surface area contributed by atoms with Gasteiger partial charge in [0.1, 0.15) is 0 Å². The van der Waals surface area contributed by atoms with Crippen molar-refractivity contribution in [3.05, 3.63) is 12.2 Å². The minimum atomic E-state index is 0.858. The Morgan fingerprint density at radius 3 is 2.15 bits per heavy atom. The highest BCUT2D eigenvalue weighted by Crippen LogP contribution is 2.05. The van der Waals surface area contributed by atoms with Gasteiger partial charge in [-0.25, -0.2) is 0 Å². The van der Waals surface area contributed by atoms with Gasteiger partial charge in [0.05, 0.1) is 0 Å². The molecule has 0 unspecified atom stereocenters. The second kappa shape index (κ2) is 11.7. The Labute approximate surface area is 83.4 Å². The molecule has 1 heteroatoms. The van der Waals surface area contributed by atoms with Gasteiger partial charge in [0.2, 0.25) is 0 Å². The third-order valence-electron chi connectivity index (χ3n) is 2.20. The van der Waals surface area contributed by atoms with E-state index in [1.807, 2.05) is 0 Å². The molecule has 0 amide bonds. The van der Waals surface area contributed by atoms with Crippen molar-refractivity contribution < 1.29 is 0 Å². The second-order valence-corrected chi connectivity index (χ2v) is 3.61. The maximum absolute atomic E-state index is 5.41. The van der Waals surface area contributed by atoms with Crippen LogP contribution in [0.3, 0.4) is 0 Å². The summed E-state index contributed by atoms with van der Waals surface area (Å²) >= 11 is 0. The summed E-state index contributed by atoms with van der Waals surface area (Å²) in [7, 11) is 0. The summed E-state index contributed by atoms with van der Waals surface area (Å²) in [6.07, 6.45) is 15.0. The molecule has 0 atom stereocenters. The molecule has 0 saturated heterocycles. The molecule has 0 bridgehead atoms. The molecule has 0 heterocycles. The highest BCUT2D eigenvalue weighted by molar-refractivity contribution is 4.80. The van der Waals surface area contributed by atoms with Crippen LogP contribution in [0.15, 0.2) is 12.2 Å². The maximum atomic E-state index is 5.41. The summed E-state index contributed by atoms with van der Waals surface area (Å²) in [5.74, 6) is 0. The summed E-state index contributed by atoms with van der Waals surface area (Å²) in [6.45, 7) is 3.08. The SMILES string of the molecule is CCC/C=C/CCCCCCCN. The number of unbranched alkanes of at least 4 members (excludes halogenated alkanes) is 6. The fraction of sp³-hybridized carbons (Fsp3) is 0.833. The lowest BCUT2D eigenvalue weighted by Gasteiger charge is -1.97. The Morgan fingerprint density at radius 2 is 1.46 bits per heavy atom. The van der Waals surface area contributed by atoms with E-state index in [4.69, 9.17) is 5.73 Å². The van der Waals surface area contributed by atoms with Crippen molar-refractivity contribution in [1.29, 1.82) is 0 Å². The molecule has 13 heavy (non-hydrogen) atoms. The van der Waals surface area contributed by atoms with Crippen molar-refractivity contribution in [2.45, 2.75) is 58.3 Å². The van der Waals surface area contributed by atoms with Crippen molar-refractivity contribution in [2.24, 2.45) is 5.73 Å². The molecule has 0 radical (unpaired) electrons. The summed E-state index contributed by atoms with van der Waals surface area (Å²) in [5, 5.41) is 0. The minimum absolute atomic E-state index is 0.858. The van der Waals surface area contributed by atoms with Gasteiger partial charge in [-0.15, -0.1) is 0 Å². The van der Waals surface area contributed by atoms with Crippen LogP contribution in [0.1, 0.15) is 58.3 Å². The van der Waals surface area contributed by atoms with Gasteiger partial charge < -0.3 is 5.73 Å². The Bertz CT molecular complexity index is 108. The number of allylic oxidation sites excluding steroid dienone is 2. The normalized spacial score (nSPS) is 11.2. The summed E-state index contributed by atoms with van der Waals surface area (Å²) < 4.78 is 0. The van der Waals surface area contributed by atoms with Crippen LogP contribution in [0, 0.1) is 0 Å². The first-order valence-corrected chi connectivity index (χ1v) is 5.77. The van der Waals surface area contributed by atoms with Gasteiger partial charge in [0.15, 0.2) is 0 Å². The molecule has 0 fully saturated rings. The summed E-state index contributed by atoms with van der Waals surface area (Å²) in [6, 6.07) is 0. The van der Waals surface area contributed by atoms with E-state index >= 15 is 0 Å². The zero-order chi connectivity index (χ0) is 9.78. The van der Waals surface area contributed by atoms with E-state index in [0.29, 0.717) is 0 Å². The van der Waals surface area contributed by atoms with Gasteiger partial charge in [-0.05, 0) is 32.2 Å². The lowest BCUT2D eigenvalue weighted by molar-refractivity contribution is 0.622. The lowest BCUT2D eigenvalue weighted by Crippen LogP contribution is -1.97. The number of hydrogen-bond acceptors (Lipinski definition) is 1. The fourth-order valence-electron chi connectivity index (χ4n) is 1.34. The number of nitrogens with two attached hydrogens (primary N) is 1. The molecule has 0 aromatic rings. The Hall–Kier alpha value is -0.300. The Kier molecular flexibility index (Phi) is 11.4. The van der Waals surface area contributed by atoms with Crippen molar-refractivity contribution in [3.63, 3.8) is 0 Å². The smallest absolute Gasteiger partial charge is 0.00773 e. The average molecular weight is 183 g/mol. The van der Waals surface area contributed by atoms with Gasteiger partial charge in [-0.2, -0.15) is 0 Å². The highest BCUT2D eigenvalue weighted by Gasteiger charge is 1.87. The molecule has 78 valence electrons. The van der Waals surface area contributed by atoms with E-state index in [9.17, 15) is 0 Å². The number of hydrogen-bond donors (Lipinski definition) is 1. The first-order chi connectivity index (χ1) is 6.41. The molecule has 0 aromatic heterocycles. The zero-order valence-corrected chi connectivity index (χ0v) is 9.10. The van der Waals surface area contributed by atoms with Crippen molar-refractivity contribution >= 4 is 0 Å².